The van der Waals surface area contributed by atoms with Crippen molar-refractivity contribution >= 4 is 79.4 Å². The van der Waals surface area contributed by atoms with E-state index in [4.69, 9.17) is 0 Å². The molecule has 324 valence electrons. The number of hydrogen-bond donors (Lipinski definition) is 0. The number of rotatable bonds is 9. The lowest BCUT2D eigenvalue weighted by Crippen LogP contribution is -2.74. The zero-order valence-corrected chi connectivity index (χ0v) is 40.1. The fourth-order valence-electron chi connectivity index (χ4n) is 12.1. The summed E-state index contributed by atoms with van der Waals surface area (Å²) in [6, 6.07) is 107. The fraction of sp³-hybridized carbons (Fsp3) is 0. The monoisotopic (exact) mass is 909 g/mol. The van der Waals surface area contributed by atoms with Crippen LogP contribution in [0.1, 0.15) is 0 Å². The van der Waals surface area contributed by atoms with Crippen LogP contribution < -0.4 is 41.5 Å². The number of aromatic nitrogens is 1. The Balaban J connectivity index is 1.20. The smallest absolute Gasteiger partial charge is 0.180 e. The summed E-state index contributed by atoms with van der Waals surface area (Å²) >= 11 is 0. The molecule has 11 aromatic carbocycles. The molecule has 0 amide bonds. The molecule has 1 nitrogen and oxygen atoms in total. The van der Waals surface area contributed by atoms with Gasteiger partial charge < -0.3 is 4.57 Å². The lowest BCUT2D eigenvalue weighted by Gasteiger charge is -2.36. The molecule has 0 atom stereocenters. The molecule has 0 spiro atoms. The van der Waals surface area contributed by atoms with E-state index in [0.717, 1.165) is 0 Å². The van der Waals surface area contributed by atoms with Gasteiger partial charge in [0.2, 0.25) is 0 Å². The van der Waals surface area contributed by atoms with Crippen molar-refractivity contribution in [3.63, 3.8) is 0 Å². The molecule has 0 saturated carbocycles. The van der Waals surface area contributed by atoms with Gasteiger partial charge in [0, 0.05) is 21.9 Å². The first-order chi connectivity index (χ1) is 34.3. The van der Waals surface area contributed by atoms with Gasteiger partial charge in [-0.15, -0.1) is 0 Å². The predicted octanol–water partition coefficient (Wildman–Crippen LogP) is 10.9. The third-order valence-electron chi connectivity index (χ3n) is 14.8. The van der Waals surface area contributed by atoms with Gasteiger partial charge in [-0.2, -0.15) is 0 Å². The van der Waals surface area contributed by atoms with Gasteiger partial charge in [0.15, 0.2) is 16.1 Å². The number of para-hydroxylation sites is 1. The van der Waals surface area contributed by atoms with Crippen LogP contribution in [0.25, 0.3) is 60.9 Å². The van der Waals surface area contributed by atoms with E-state index in [1.807, 2.05) is 0 Å². The molecule has 69 heavy (non-hydrogen) atoms. The van der Waals surface area contributed by atoms with E-state index < -0.39 is 16.1 Å². The second-order valence-electron chi connectivity index (χ2n) is 18.3. The largest absolute Gasteiger partial charge is 0.308 e. The predicted molar refractivity (Wildman–Crippen MR) is 298 cm³/mol. The lowest BCUT2D eigenvalue weighted by molar-refractivity contribution is 1.18. The van der Waals surface area contributed by atoms with Crippen LogP contribution in [0, 0.1) is 0 Å². The highest BCUT2D eigenvalue weighted by atomic mass is 28.3. The Bertz CT molecular complexity index is 3600. The molecule has 1 aliphatic heterocycles. The molecule has 0 aliphatic carbocycles. The molecule has 13 rings (SSSR count). The first kappa shape index (κ1) is 40.9. The average molecular weight is 910 g/mol. The van der Waals surface area contributed by atoms with E-state index in [-0.39, 0.29) is 0 Å². The van der Waals surface area contributed by atoms with Crippen molar-refractivity contribution in [1.82, 2.24) is 4.57 Å². The molecular formula is C66H47NSi2. The number of benzene rings is 11. The van der Waals surface area contributed by atoms with Crippen LogP contribution in [0.4, 0.5) is 0 Å². The molecule has 0 unspecified atom stereocenters. The number of fused-ring (bicyclic) bond motifs is 7. The molecule has 1 aromatic heterocycles. The molecule has 12 aromatic rings. The molecule has 0 fully saturated rings. The van der Waals surface area contributed by atoms with Crippen molar-refractivity contribution in [2.75, 3.05) is 0 Å². The minimum Gasteiger partial charge on any atom is -0.308 e. The van der Waals surface area contributed by atoms with Gasteiger partial charge in [0.1, 0.15) is 0 Å². The van der Waals surface area contributed by atoms with Crippen LogP contribution >= 0.6 is 0 Å². The second-order valence-corrected chi connectivity index (χ2v) is 25.8. The third kappa shape index (κ3) is 6.21. The molecule has 0 bridgehead atoms. The highest BCUT2D eigenvalue weighted by Crippen LogP contribution is 2.45. The minimum atomic E-state index is -2.98. The summed E-state index contributed by atoms with van der Waals surface area (Å²) in [5.41, 5.74) is 11.0. The van der Waals surface area contributed by atoms with Crippen molar-refractivity contribution < 1.29 is 0 Å². The van der Waals surface area contributed by atoms with Crippen LogP contribution in [0.3, 0.4) is 0 Å². The quantitative estimate of drug-likeness (QED) is 0.100. The highest BCUT2D eigenvalue weighted by Gasteiger charge is 2.49. The summed E-state index contributed by atoms with van der Waals surface area (Å²) in [6.07, 6.45) is 0. The molecule has 0 radical (unpaired) electrons. The lowest BCUT2D eigenvalue weighted by atomic mass is 9.95. The average Bonchev–Trinajstić information content (AvgIpc) is 3.93. The van der Waals surface area contributed by atoms with Gasteiger partial charge >= 0.3 is 0 Å². The molecule has 3 heteroatoms. The fourth-order valence-corrected chi connectivity index (χ4v) is 22.0. The molecular weight excluding hydrogens is 863 g/mol. The topological polar surface area (TPSA) is 4.93 Å². The van der Waals surface area contributed by atoms with E-state index in [9.17, 15) is 0 Å². The summed E-state index contributed by atoms with van der Waals surface area (Å²) in [5, 5.41) is 13.7. The normalized spacial score (nSPS) is 12.8. The Hall–Kier alpha value is -8.35. The summed E-state index contributed by atoms with van der Waals surface area (Å²) in [6.45, 7) is 0. The van der Waals surface area contributed by atoms with E-state index in [0.29, 0.717) is 0 Å². The second kappa shape index (κ2) is 16.8. The summed E-state index contributed by atoms with van der Waals surface area (Å²) in [4.78, 5) is 0. The van der Waals surface area contributed by atoms with Crippen molar-refractivity contribution in [3.05, 3.63) is 285 Å². The van der Waals surface area contributed by atoms with Crippen molar-refractivity contribution in [1.29, 1.82) is 0 Å². The first-order valence-corrected chi connectivity index (χ1v) is 28.0. The first-order valence-electron chi connectivity index (χ1n) is 24.0. The minimum absolute atomic E-state index is 1.18. The van der Waals surface area contributed by atoms with Crippen molar-refractivity contribution in [2.45, 2.75) is 0 Å². The number of nitrogens with zero attached hydrogens (tertiary/aromatic N) is 1. The Kier molecular flexibility index (Phi) is 9.93. The van der Waals surface area contributed by atoms with Crippen LogP contribution in [0.15, 0.2) is 285 Å². The van der Waals surface area contributed by atoms with Gasteiger partial charge in [-0.3, -0.25) is 0 Å². The molecule has 2 heterocycles. The van der Waals surface area contributed by atoms with Gasteiger partial charge in [0.25, 0.3) is 0 Å². The Labute approximate surface area is 405 Å². The maximum atomic E-state index is 2.62. The standard InChI is InChI=1S/C66H47NSi2/c1-8-26-48(27-9-1)58-46-55(68(50-30-12-3-13-31-50,51-32-14-4-15-33-51)52-34-16-5-17-35-52)47-59(49-28-10-2-11-29-49)66(58)67-60-42-24-22-40-56(60)64-61(67)44-45-63-65(64)57-41-23-25-43-62(57)69(63,53-36-18-6-19-37-53)54-38-20-7-21-39-54/h1-47H. The van der Waals surface area contributed by atoms with Crippen molar-refractivity contribution in [2.24, 2.45) is 0 Å². The Morgan fingerprint density at radius 1 is 0.304 bits per heavy atom. The van der Waals surface area contributed by atoms with E-state index in [2.05, 4.69) is 290 Å². The molecule has 1 aliphatic rings. The Morgan fingerprint density at radius 2 is 0.725 bits per heavy atom. The maximum absolute atomic E-state index is 2.98. The van der Waals surface area contributed by atoms with Crippen molar-refractivity contribution in [3.8, 4) is 39.1 Å². The summed E-state index contributed by atoms with van der Waals surface area (Å²) in [5.74, 6) is 0. The van der Waals surface area contributed by atoms with E-state index in [1.165, 1.54) is 102 Å². The SMILES string of the molecule is c1ccc(-c2cc([Si](c3ccccc3)(c3ccccc3)c3ccccc3)cc(-c3ccccc3)c2-n2c3ccccc3c3c4c(ccc32)[Si](c2ccccc2)(c2ccccc2)c2ccccc2-4)cc1. The molecule has 0 saturated heterocycles. The van der Waals surface area contributed by atoms with Gasteiger partial charge in [-0.05, 0) is 75.9 Å². The van der Waals surface area contributed by atoms with Gasteiger partial charge in [-0.1, -0.05) is 273 Å². The number of hydrogen-bond acceptors (Lipinski definition) is 0. The summed E-state index contributed by atoms with van der Waals surface area (Å²) < 4.78 is 2.62. The van der Waals surface area contributed by atoms with Crippen LogP contribution in [0.2, 0.25) is 0 Å². The van der Waals surface area contributed by atoms with E-state index >= 15 is 0 Å². The van der Waals surface area contributed by atoms with Gasteiger partial charge in [-0.25, -0.2) is 0 Å². The Morgan fingerprint density at radius 3 is 1.23 bits per heavy atom. The van der Waals surface area contributed by atoms with E-state index in [1.54, 1.807) is 0 Å². The van der Waals surface area contributed by atoms with Crippen LogP contribution in [0.5, 0.6) is 0 Å². The summed E-state index contributed by atoms with van der Waals surface area (Å²) in [7, 11) is -5.74. The zero-order chi connectivity index (χ0) is 45.8. The maximum Gasteiger partial charge on any atom is 0.180 e. The third-order valence-corrected chi connectivity index (χ3v) is 24.4. The van der Waals surface area contributed by atoms with Gasteiger partial charge in [0.05, 0.1) is 16.7 Å². The molecule has 0 N–H and O–H groups in total. The van der Waals surface area contributed by atoms with Crippen LogP contribution in [-0.4, -0.2) is 20.7 Å². The zero-order valence-electron chi connectivity index (χ0n) is 38.1. The highest BCUT2D eigenvalue weighted by molar-refractivity contribution is 7.22. The van der Waals surface area contributed by atoms with Crippen LogP contribution in [-0.2, 0) is 0 Å².